The number of carboxylic acids is 1. The van der Waals surface area contributed by atoms with Gasteiger partial charge in [-0.25, -0.2) is 8.42 Å². The second-order valence-electron chi connectivity index (χ2n) is 6.73. The van der Waals surface area contributed by atoms with Crippen LogP contribution in [0.4, 0.5) is 11.4 Å². The number of carbonyl (C=O) groups is 1. The number of sulfonamides is 1. The van der Waals surface area contributed by atoms with E-state index in [1.165, 1.54) is 36.4 Å². The Hall–Kier alpha value is -4.12. The number of anilines is 1. The number of nitro benzene ring substituents is 1. The van der Waals surface area contributed by atoms with Crippen LogP contribution in [-0.4, -0.2) is 37.6 Å². The summed E-state index contributed by atoms with van der Waals surface area (Å²) in [6, 6.07) is 17.9. The lowest BCUT2D eigenvalue weighted by molar-refractivity contribution is -0.387. The van der Waals surface area contributed by atoms with Gasteiger partial charge in [0.15, 0.2) is 4.90 Å². The molecule has 0 atom stereocenters. The quantitative estimate of drug-likeness (QED) is 0.245. The standard InChI is InChI=1S/C22H20N2O8S/c25-22(26)15-16-5-1-3-7-20(16)32-14-13-31-18-11-9-17(10-12-18)23-33(29,30)21-8-4-2-6-19(21)24(27)28/h1-12,23H,13-15H2,(H,25,26). The smallest absolute Gasteiger partial charge is 0.307 e. The summed E-state index contributed by atoms with van der Waals surface area (Å²) in [7, 11) is -4.16. The van der Waals surface area contributed by atoms with Gasteiger partial charge >= 0.3 is 5.97 Å². The largest absolute Gasteiger partial charge is 0.490 e. The number of nitro groups is 1. The number of hydrogen-bond donors (Lipinski definition) is 2. The highest BCUT2D eigenvalue weighted by molar-refractivity contribution is 7.92. The van der Waals surface area contributed by atoms with Gasteiger partial charge in [0.05, 0.1) is 11.3 Å². The van der Waals surface area contributed by atoms with Crippen molar-refractivity contribution >= 4 is 27.4 Å². The van der Waals surface area contributed by atoms with Gasteiger partial charge in [0.1, 0.15) is 24.7 Å². The summed E-state index contributed by atoms with van der Waals surface area (Å²) in [5.41, 5.74) is 0.245. The van der Waals surface area contributed by atoms with Gasteiger partial charge in [0, 0.05) is 17.3 Å². The Bertz CT molecular complexity index is 1240. The number of aliphatic carboxylic acids is 1. The second kappa shape index (κ2) is 10.5. The summed E-state index contributed by atoms with van der Waals surface area (Å²) in [6.45, 7) is 0.339. The fourth-order valence-electron chi connectivity index (χ4n) is 2.93. The van der Waals surface area contributed by atoms with E-state index in [0.717, 1.165) is 12.1 Å². The molecule has 0 heterocycles. The summed E-state index contributed by atoms with van der Waals surface area (Å²) >= 11 is 0. The molecule has 3 rings (SSSR count). The van der Waals surface area contributed by atoms with Crippen LogP contribution in [0.2, 0.25) is 0 Å². The molecule has 0 bridgehead atoms. The summed E-state index contributed by atoms with van der Waals surface area (Å²) in [4.78, 5) is 20.8. The van der Waals surface area contributed by atoms with Crippen LogP contribution in [0.5, 0.6) is 11.5 Å². The van der Waals surface area contributed by atoms with Gasteiger partial charge in [0.2, 0.25) is 0 Å². The van der Waals surface area contributed by atoms with Gasteiger partial charge in [-0.3, -0.25) is 19.6 Å². The third-order valence-electron chi connectivity index (χ3n) is 4.38. The van der Waals surface area contributed by atoms with E-state index in [-0.39, 0.29) is 25.3 Å². The van der Waals surface area contributed by atoms with E-state index in [4.69, 9.17) is 14.6 Å². The SMILES string of the molecule is O=C(O)Cc1ccccc1OCCOc1ccc(NS(=O)(=O)c2ccccc2[N+](=O)[O-])cc1. The Morgan fingerprint density at radius 3 is 2.27 bits per heavy atom. The van der Waals surface area contributed by atoms with E-state index >= 15 is 0 Å². The number of nitrogens with one attached hydrogen (secondary N) is 1. The minimum Gasteiger partial charge on any atom is -0.490 e. The molecule has 0 aliphatic rings. The lowest BCUT2D eigenvalue weighted by Gasteiger charge is -2.12. The number of rotatable bonds is 11. The zero-order valence-electron chi connectivity index (χ0n) is 17.2. The van der Waals surface area contributed by atoms with Crippen molar-refractivity contribution in [2.24, 2.45) is 0 Å². The molecule has 3 aromatic rings. The highest BCUT2D eigenvalue weighted by Crippen LogP contribution is 2.26. The van der Waals surface area contributed by atoms with Crippen LogP contribution in [0, 0.1) is 10.1 Å². The number of ether oxygens (including phenoxy) is 2. The maximum Gasteiger partial charge on any atom is 0.307 e. The zero-order chi connectivity index (χ0) is 23.8. The Morgan fingerprint density at radius 1 is 0.939 bits per heavy atom. The van der Waals surface area contributed by atoms with Gasteiger partial charge in [-0.05, 0) is 36.4 Å². The number of benzene rings is 3. The van der Waals surface area contributed by atoms with Crippen LogP contribution in [0.3, 0.4) is 0 Å². The molecule has 0 spiro atoms. The predicted octanol–water partition coefficient (Wildman–Crippen LogP) is 3.48. The van der Waals surface area contributed by atoms with E-state index in [1.807, 2.05) is 0 Å². The maximum absolute atomic E-state index is 12.6. The van der Waals surface area contributed by atoms with Crippen molar-refractivity contribution in [1.82, 2.24) is 0 Å². The monoisotopic (exact) mass is 472 g/mol. The average Bonchev–Trinajstić information content (AvgIpc) is 2.78. The first-order valence-corrected chi connectivity index (χ1v) is 11.2. The number of nitrogens with zero attached hydrogens (tertiary/aromatic N) is 1. The fourth-order valence-corrected chi connectivity index (χ4v) is 4.16. The molecule has 33 heavy (non-hydrogen) atoms. The van der Waals surface area contributed by atoms with E-state index in [1.54, 1.807) is 24.3 Å². The van der Waals surface area contributed by atoms with Crippen molar-refractivity contribution in [1.29, 1.82) is 0 Å². The van der Waals surface area contributed by atoms with E-state index in [9.17, 15) is 23.3 Å². The highest BCUT2D eigenvalue weighted by atomic mass is 32.2. The molecule has 11 heteroatoms. The van der Waals surface area contributed by atoms with Crippen LogP contribution < -0.4 is 14.2 Å². The first-order valence-electron chi connectivity index (χ1n) is 9.68. The van der Waals surface area contributed by atoms with Gasteiger partial charge in [-0.15, -0.1) is 0 Å². The fraction of sp³-hybridized carbons (Fsp3) is 0.136. The summed E-state index contributed by atoms with van der Waals surface area (Å²) < 4.78 is 38.6. The van der Waals surface area contributed by atoms with Crippen molar-refractivity contribution in [3.05, 3.63) is 88.5 Å². The number of carboxylic acid groups (broad SMARTS) is 1. The Morgan fingerprint density at radius 2 is 1.58 bits per heavy atom. The van der Waals surface area contributed by atoms with Gasteiger partial charge in [0.25, 0.3) is 15.7 Å². The van der Waals surface area contributed by atoms with Crippen molar-refractivity contribution < 1.29 is 32.7 Å². The van der Waals surface area contributed by atoms with E-state index < -0.39 is 31.5 Å². The second-order valence-corrected chi connectivity index (χ2v) is 8.38. The molecule has 172 valence electrons. The topological polar surface area (TPSA) is 145 Å². The summed E-state index contributed by atoms with van der Waals surface area (Å²) in [5, 5.41) is 20.1. The molecule has 3 aromatic carbocycles. The summed E-state index contributed by atoms with van der Waals surface area (Å²) in [5.74, 6) is -0.0470. The lowest BCUT2D eigenvalue weighted by Crippen LogP contribution is -2.14. The molecule has 0 aliphatic carbocycles. The molecule has 0 amide bonds. The van der Waals surface area contributed by atoms with Crippen LogP contribution >= 0.6 is 0 Å². The normalized spacial score (nSPS) is 10.9. The minimum atomic E-state index is -4.16. The Labute approximate surface area is 189 Å². The molecule has 0 aromatic heterocycles. The molecule has 10 nitrogen and oxygen atoms in total. The van der Waals surface area contributed by atoms with Crippen molar-refractivity contribution in [2.75, 3.05) is 17.9 Å². The highest BCUT2D eigenvalue weighted by Gasteiger charge is 2.25. The zero-order valence-corrected chi connectivity index (χ0v) is 18.0. The van der Waals surface area contributed by atoms with Gasteiger partial charge in [-0.2, -0.15) is 0 Å². The van der Waals surface area contributed by atoms with Crippen LogP contribution in [0.25, 0.3) is 0 Å². The van der Waals surface area contributed by atoms with Crippen molar-refractivity contribution in [3.63, 3.8) is 0 Å². The maximum atomic E-state index is 12.6. The molecule has 0 saturated heterocycles. The molecular weight excluding hydrogens is 452 g/mol. The third kappa shape index (κ3) is 6.43. The van der Waals surface area contributed by atoms with Gasteiger partial charge < -0.3 is 14.6 Å². The molecular formula is C22H20N2O8S. The van der Waals surface area contributed by atoms with Crippen LogP contribution in [0.1, 0.15) is 5.56 Å². The third-order valence-corrected chi connectivity index (χ3v) is 5.81. The predicted molar refractivity (Wildman–Crippen MR) is 119 cm³/mol. The van der Waals surface area contributed by atoms with Gasteiger partial charge in [-0.1, -0.05) is 30.3 Å². The first-order chi connectivity index (χ1) is 15.8. The first kappa shape index (κ1) is 23.5. The Balaban J connectivity index is 1.56. The number of para-hydroxylation sites is 2. The van der Waals surface area contributed by atoms with Crippen LogP contribution in [0.15, 0.2) is 77.7 Å². The molecule has 0 fully saturated rings. The Kier molecular flexibility index (Phi) is 7.46. The molecule has 0 aliphatic heterocycles. The number of hydrogen-bond acceptors (Lipinski definition) is 7. The van der Waals surface area contributed by atoms with Crippen molar-refractivity contribution in [2.45, 2.75) is 11.3 Å². The van der Waals surface area contributed by atoms with E-state index in [2.05, 4.69) is 4.72 Å². The molecule has 0 unspecified atom stereocenters. The average molecular weight is 472 g/mol. The van der Waals surface area contributed by atoms with Crippen LogP contribution in [-0.2, 0) is 21.2 Å². The van der Waals surface area contributed by atoms with Crippen molar-refractivity contribution in [3.8, 4) is 11.5 Å². The molecule has 0 radical (unpaired) electrons. The lowest BCUT2D eigenvalue weighted by atomic mass is 10.1. The summed E-state index contributed by atoms with van der Waals surface area (Å²) in [6.07, 6.45) is -0.152. The minimum absolute atomic E-state index is 0.152. The molecule has 2 N–H and O–H groups in total. The molecule has 0 saturated carbocycles. The van der Waals surface area contributed by atoms with E-state index in [0.29, 0.717) is 17.1 Å².